The standard InChI is InChI=1S/C16H18FN3O2/c1-9-6-12(4-5-14(9)17)8-18-15(21)7-13-10(2)19-11(3)20-16(13)22/h4-6H,7-8H2,1-3H3,(H,18,21)(H,19,20,22). The van der Waals surface area contributed by atoms with E-state index in [0.717, 1.165) is 5.56 Å². The summed E-state index contributed by atoms with van der Waals surface area (Å²) in [5, 5.41) is 2.72. The number of nitrogens with one attached hydrogen (secondary N) is 2. The summed E-state index contributed by atoms with van der Waals surface area (Å²) in [4.78, 5) is 30.5. The minimum atomic E-state index is -0.294. The molecule has 116 valence electrons. The fourth-order valence-corrected chi connectivity index (χ4v) is 2.20. The maximum Gasteiger partial charge on any atom is 0.254 e. The van der Waals surface area contributed by atoms with Gasteiger partial charge < -0.3 is 10.3 Å². The Morgan fingerprint density at radius 1 is 1.32 bits per heavy atom. The lowest BCUT2D eigenvalue weighted by atomic mass is 10.1. The molecule has 0 spiro atoms. The van der Waals surface area contributed by atoms with Gasteiger partial charge in [0.05, 0.1) is 6.42 Å². The summed E-state index contributed by atoms with van der Waals surface area (Å²) >= 11 is 0. The molecule has 0 saturated heterocycles. The summed E-state index contributed by atoms with van der Waals surface area (Å²) in [5.41, 5.74) is 1.95. The molecule has 1 aromatic carbocycles. The number of benzene rings is 1. The van der Waals surface area contributed by atoms with E-state index in [4.69, 9.17) is 0 Å². The second kappa shape index (κ2) is 6.51. The zero-order chi connectivity index (χ0) is 16.3. The molecule has 6 heteroatoms. The van der Waals surface area contributed by atoms with Gasteiger partial charge in [-0.2, -0.15) is 0 Å². The molecule has 22 heavy (non-hydrogen) atoms. The highest BCUT2D eigenvalue weighted by atomic mass is 19.1. The van der Waals surface area contributed by atoms with Crippen molar-refractivity contribution in [3.8, 4) is 0 Å². The Labute approximate surface area is 127 Å². The summed E-state index contributed by atoms with van der Waals surface area (Å²) in [6, 6.07) is 4.67. The van der Waals surface area contributed by atoms with Crippen molar-refractivity contribution in [2.45, 2.75) is 33.7 Å². The number of aryl methyl sites for hydroxylation is 3. The average Bonchev–Trinajstić information content (AvgIpc) is 2.44. The van der Waals surface area contributed by atoms with Crippen LogP contribution in [0.4, 0.5) is 4.39 Å². The predicted molar refractivity (Wildman–Crippen MR) is 81.0 cm³/mol. The van der Waals surface area contributed by atoms with Gasteiger partial charge in [0.2, 0.25) is 5.91 Å². The van der Waals surface area contributed by atoms with E-state index in [1.54, 1.807) is 32.9 Å². The Bertz CT molecular complexity index is 768. The molecule has 0 aliphatic heterocycles. The molecular formula is C16H18FN3O2. The summed E-state index contributed by atoms with van der Waals surface area (Å²) in [6.07, 6.45) is -0.0331. The number of halogens is 1. The molecule has 1 heterocycles. The van der Waals surface area contributed by atoms with Gasteiger partial charge in [-0.3, -0.25) is 9.59 Å². The summed E-state index contributed by atoms with van der Waals surface area (Å²) in [7, 11) is 0. The number of hydrogen-bond acceptors (Lipinski definition) is 3. The van der Waals surface area contributed by atoms with Crippen molar-refractivity contribution in [2.75, 3.05) is 0 Å². The summed E-state index contributed by atoms with van der Waals surface area (Å²) in [5.74, 6) is -0.0300. The Morgan fingerprint density at radius 2 is 2.05 bits per heavy atom. The third-order valence-corrected chi connectivity index (χ3v) is 3.39. The van der Waals surface area contributed by atoms with E-state index in [2.05, 4.69) is 15.3 Å². The van der Waals surface area contributed by atoms with Crippen LogP contribution >= 0.6 is 0 Å². The summed E-state index contributed by atoms with van der Waals surface area (Å²) < 4.78 is 13.2. The minimum absolute atomic E-state index is 0.0331. The molecule has 0 aliphatic carbocycles. The Morgan fingerprint density at radius 3 is 2.68 bits per heavy atom. The van der Waals surface area contributed by atoms with Gasteiger partial charge in [-0.15, -0.1) is 0 Å². The minimum Gasteiger partial charge on any atom is -0.352 e. The number of nitrogens with zero attached hydrogens (tertiary/aromatic N) is 1. The van der Waals surface area contributed by atoms with Gasteiger partial charge in [-0.1, -0.05) is 12.1 Å². The molecule has 0 fully saturated rings. The smallest absolute Gasteiger partial charge is 0.254 e. The summed E-state index contributed by atoms with van der Waals surface area (Å²) in [6.45, 7) is 5.35. The topological polar surface area (TPSA) is 74.8 Å². The zero-order valence-electron chi connectivity index (χ0n) is 12.8. The van der Waals surface area contributed by atoms with E-state index in [9.17, 15) is 14.0 Å². The van der Waals surface area contributed by atoms with E-state index < -0.39 is 0 Å². The van der Waals surface area contributed by atoms with E-state index in [-0.39, 0.29) is 30.2 Å². The first-order chi connectivity index (χ1) is 10.4. The van der Waals surface area contributed by atoms with Crippen LogP contribution in [0.15, 0.2) is 23.0 Å². The van der Waals surface area contributed by atoms with Crippen molar-refractivity contribution in [3.05, 3.63) is 62.6 Å². The number of hydrogen-bond donors (Lipinski definition) is 2. The number of H-pyrrole nitrogens is 1. The monoisotopic (exact) mass is 303 g/mol. The van der Waals surface area contributed by atoms with Crippen LogP contribution in [0.3, 0.4) is 0 Å². The van der Waals surface area contributed by atoms with E-state index in [0.29, 0.717) is 22.6 Å². The third-order valence-electron chi connectivity index (χ3n) is 3.39. The quantitative estimate of drug-likeness (QED) is 0.902. The fraction of sp³-hybridized carbons (Fsp3) is 0.312. The highest BCUT2D eigenvalue weighted by Gasteiger charge is 2.11. The lowest BCUT2D eigenvalue weighted by molar-refractivity contribution is -0.120. The van der Waals surface area contributed by atoms with Crippen LogP contribution in [-0.2, 0) is 17.8 Å². The number of amides is 1. The second-order valence-electron chi connectivity index (χ2n) is 5.25. The molecular weight excluding hydrogens is 285 g/mol. The van der Waals surface area contributed by atoms with Crippen molar-refractivity contribution in [2.24, 2.45) is 0 Å². The molecule has 0 atom stereocenters. The highest BCUT2D eigenvalue weighted by Crippen LogP contribution is 2.09. The number of aromatic amines is 1. The van der Waals surface area contributed by atoms with Gasteiger partial charge in [0, 0.05) is 17.8 Å². The fourth-order valence-electron chi connectivity index (χ4n) is 2.20. The molecule has 0 radical (unpaired) electrons. The van der Waals surface area contributed by atoms with Gasteiger partial charge in [0.25, 0.3) is 5.56 Å². The maximum absolute atomic E-state index is 13.2. The molecule has 0 aliphatic rings. The number of carbonyl (C=O) groups is 1. The second-order valence-corrected chi connectivity index (χ2v) is 5.25. The van der Waals surface area contributed by atoms with Crippen molar-refractivity contribution < 1.29 is 9.18 Å². The first kappa shape index (κ1) is 15.9. The molecule has 2 aromatic rings. The van der Waals surface area contributed by atoms with E-state index in [1.165, 1.54) is 6.07 Å². The van der Waals surface area contributed by atoms with Crippen molar-refractivity contribution in [1.82, 2.24) is 15.3 Å². The normalized spacial score (nSPS) is 10.5. The van der Waals surface area contributed by atoms with Gasteiger partial charge in [0.15, 0.2) is 0 Å². The Kier molecular flexibility index (Phi) is 4.70. The first-order valence-electron chi connectivity index (χ1n) is 6.95. The van der Waals surface area contributed by atoms with Gasteiger partial charge in [0.1, 0.15) is 11.6 Å². The third kappa shape index (κ3) is 3.78. The molecule has 2 N–H and O–H groups in total. The molecule has 0 unspecified atom stereocenters. The SMILES string of the molecule is Cc1nc(C)c(CC(=O)NCc2ccc(F)c(C)c2)c(=O)[nH]1. The number of aromatic nitrogens is 2. The molecule has 1 aromatic heterocycles. The Hall–Kier alpha value is -2.50. The van der Waals surface area contributed by atoms with Crippen LogP contribution in [-0.4, -0.2) is 15.9 Å². The Balaban J connectivity index is 2.02. The lowest BCUT2D eigenvalue weighted by Gasteiger charge is -2.08. The maximum atomic E-state index is 13.2. The largest absolute Gasteiger partial charge is 0.352 e. The predicted octanol–water partition coefficient (Wildman–Crippen LogP) is 1.69. The van der Waals surface area contributed by atoms with Crippen LogP contribution < -0.4 is 10.9 Å². The van der Waals surface area contributed by atoms with Crippen molar-refractivity contribution >= 4 is 5.91 Å². The van der Waals surface area contributed by atoms with Gasteiger partial charge >= 0.3 is 0 Å². The molecule has 2 rings (SSSR count). The molecule has 5 nitrogen and oxygen atoms in total. The molecule has 1 amide bonds. The highest BCUT2D eigenvalue weighted by molar-refractivity contribution is 5.78. The van der Waals surface area contributed by atoms with Gasteiger partial charge in [-0.25, -0.2) is 9.37 Å². The number of rotatable bonds is 4. The first-order valence-corrected chi connectivity index (χ1v) is 6.95. The van der Waals surface area contributed by atoms with Gasteiger partial charge in [-0.05, 0) is 38.0 Å². The van der Waals surface area contributed by atoms with Crippen LogP contribution in [0, 0.1) is 26.6 Å². The van der Waals surface area contributed by atoms with Crippen LogP contribution in [0.1, 0.15) is 28.2 Å². The van der Waals surface area contributed by atoms with Crippen molar-refractivity contribution in [1.29, 1.82) is 0 Å². The van der Waals surface area contributed by atoms with Crippen molar-refractivity contribution in [3.63, 3.8) is 0 Å². The van der Waals surface area contributed by atoms with Crippen LogP contribution in [0.25, 0.3) is 0 Å². The van der Waals surface area contributed by atoms with Crippen LogP contribution in [0.5, 0.6) is 0 Å². The zero-order valence-corrected chi connectivity index (χ0v) is 12.8. The van der Waals surface area contributed by atoms with Crippen LogP contribution in [0.2, 0.25) is 0 Å². The van der Waals surface area contributed by atoms with E-state index >= 15 is 0 Å². The van der Waals surface area contributed by atoms with E-state index in [1.807, 2.05) is 0 Å². The lowest BCUT2D eigenvalue weighted by Crippen LogP contribution is -2.29. The number of carbonyl (C=O) groups excluding carboxylic acids is 1. The molecule has 0 bridgehead atoms. The average molecular weight is 303 g/mol. The molecule has 0 saturated carbocycles.